The normalized spacial score (nSPS) is 12.5. The van der Waals surface area contributed by atoms with E-state index in [1.807, 2.05) is 36.4 Å². The number of allylic oxidation sites excluding steroid dienone is 4. The molecule has 0 radical (unpaired) electrons. The van der Waals surface area contributed by atoms with Gasteiger partial charge in [-0.1, -0.05) is 85.8 Å². The minimum absolute atomic E-state index is 0.849. The van der Waals surface area contributed by atoms with Crippen molar-refractivity contribution in [1.29, 1.82) is 0 Å². The molecule has 0 aliphatic carbocycles. The Morgan fingerprint density at radius 3 is 1.69 bits per heavy atom. The fraction of sp³-hybridized carbons (Fsp3) is 0.0833. The molecule has 7 rings (SSSR count). The van der Waals surface area contributed by atoms with Crippen molar-refractivity contribution in [3.05, 3.63) is 121 Å². The van der Waals surface area contributed by atoms with E-state index in [0.29, 0.717) is 0 Å². The molecule has 188 valence electrons. The summed E-state index contributed by atoms with van der Waals surface area (Å²) in [5, 5.41) is 4.40. The molecule has 0 bridgehead atoms. The van der Waals surface area contributed by atoms with Crippen LogP contribution in [0.3, 0.4) is 0 Å². The summed E-state index contributed by atoms with van der Waals surface area (Å²) in [6.07, 6.45) is 7.50. The van der Waals surface area contributed by atoms with Crippen LogP contribution in [-0.2, 0) is 0 Å². The number of fused-ring (bicyclic) bond motifs is 6. The van der Waals surface area contributed by atoms with E-state index >= 15 is 0 Å². The second-order valence-corrected chi connectivity index (χ2v) is 9.74. The van der Waals surface area contributed by atoms with Crippen LogP contribution in [0.5, 0.6) is 0 Å². The van der Waals surface area contributed by atoms with Crippen molar-refractivity contribution >= 4 is 49.5 Å². The van der Waals surface area contributed by atoms with Crippen molar-refractivity contribution in [2.75, 3.05) is 0 Å². The molecule has 7 aromatic rings. The van der Waals surface area contributed by atoms with Crippen molar-refractivity contribution < 1.29 is 8.83 Å². The molecule has 0 saturated carbocycles. The van der Waals surface area contributed by atoms with E-state index < -0.39 is 0 Å². The molecule has 0 saturated heterocycles. The number of aromatic nitrogens is 1. The van der Waals surface area contributed by atoms with Crippen molar-refractivity contribution in [1.82, 2.24) is 4.98 Å². The topological polar surface area (TPSA) is 39.2 Å². The van der Waals surface area contributed by atoms with Gasteiger partial charge in [0, 0.05) is 32.7 Å². The van der Waals surface area contributed by atoms with Gasteiger partial charge in [-0.2, -0.15) is 0 Å². The van der Waals surface area contributed by atoms with Crippen LogP contribution >= 0.6 is 0 Å². The van der Waals surface area contributed by atoms with Crippen molar-refractivity contribution in [3.63, 3.8) is 0 Å². The Bertz CT molecular complexity index is 1940. The van der Waals surface area contributed by atoms with E-state index in [9.17, 15) is 0 Å². The summed E-state index contributed by atoms with van der Waals surface area (Å²) >= 11 is 0. The van der Waals surface area contributed by atoms with Crippen LogP contribution in [0, 0.1) is 0 Å². The number of para-hydroxylation sites is 4. The summed E-state index contributed by atoms with van der Waals surface area (Å²) in [6, 6.07) is 33.3. The fourth-order valence-electron chi connectivity index (χ4n) is 5.47. The molecule has 3 nitrogen and oxygen atoms in total. The minimum Gasteiger partial charge on any atom is -0.455 e. The summed E-state index contributed by atoms with van der Waals surface area (Å²) in [4.78, 5) is 5.24. The van der Waals surface area contributed by atoms with Gasteiger partial charge in [-0.15, -0.1) is 0 Å². The number of hydrogen-bond donors (Lipinski definition) is 0. The monoisotopic (exact) mass is 505 g/mol. The Kier molecular flexibility index (Phi) is 5.63. The van der Waals surface area contributed by atoms with Crippen LogP contribution in [0.1, 0.15) is 25.8 Å². The molecule has 0 unspecified atom stereocenters. The predicted octanol–water partition coefficient (Wildman–Crippen LogP) is 10.6. The van der Waals surface area contributed by atoms with Crippen LogP contribution in [0.2, 0.25) is 0 Å². The summed E-state index contributed by atoms with van der Waals surface area (Å²) in [5.41, 5.74) is 9.38. The van der Waals surface area contributed by atoms with Crippen LogP contribution in [0.15, 0.2) is 124 Å². The molecule has 3 aromatic heterocycles. The van der Waals surface area contributed by atoms with Crippen molar-refractivity contribution in [2.45, 2.75) is 20.3 Å². The fourth-order valence-corrected chi connectivity index (χ4v) is 5.47. The van der Waals surface area contributed by atoms with Gasteiger partial charge in [0.15, 0.2) is 0 Å². The van der Waals surface area contributed by atoms with Gasteiger partial charge < -0.3 is 8.83 Å². The molecule has 0 atom stereocenters. The Morgan fingerprint density at radius 1 is 0.667 bits per heavy atom. The SMILES string of the molecule is C/C=C(\C=C/CC)c1cc(-c2cccc3c2oc2ccccc23)nc(-c2cccc3c2oc2ccccc23)c1. The average molecular weight is 506 g/mol. The highest BCUT2D eigenvalue weighted by molar-refractivity contribution is 6.11. The molecule has 3 heteroatoms. The third-order valence-corrected chi connectivity index (χ3v) is 7.36. The molecule has 0 amide bonds. The highest BCUT2D eigenvalue weighted by Gasteiger charge is 2.18. The molecule has 0 aliphatic heterocycles. The van der Waals surface area contributed by atoms with Gasteiger partial charge in [0.2, 0.25) is 0 Å². The maximum atomic E-state index is 6.40. The Morgan fingerprint density at radius 2 is 1.18 bits per heavy atom. The molecule has 0 aliphatic rings. The van der Waals surface area contributed by atoms with E-state index in [1.165, 1.54) is 0 Å². The molecular formula is C36H27NO2. The lowest BCUT2D eigenvalue weighted by atomic mass is 9.97. The second-order valence-electron chi connectivity index (χ2n) is 9.74. The summed E-state index contributed by atoms with van der Waals surface area (Å²) < 4.78 is 12.8. The Balaban J connectivity index is 1.52. The maximum absolute atomic E-state index is 6.40. The zero-order chi connectivity index (χ0) is 26.3. The largest absolute Gasteiger partial charge is 0.455 e. The zero-order valence-corrected chi connectivity index (χ0v) is 21.9. The van der Waals surface area contributed by atoms with E-state index in [0.717, 1.165) is 83.9 Å². The molecule has 0 fully saturated rings. The van der Waals surface area contributed by atoms with Gasteiger partial charge in [0.1, 0.15) is 22.3 Å². The molecular weight excluding hydrogens is 478 g/mol. The number of pyridine rings is 1. The Hall–Kier alpha value is -4.89. The van der Waals surface area contributed by atoms with Gasteiger partial charge in [0.05, 0.1) is 11.4 Å². The highest BCUT2D eigenvalue weighted by atomic mass is 16.3. The van der Waals surface area contributed by atoms with E-state index in [-0.39, 0.29) is 0 Å². The third kappa shape index (κ3) is 3.86. The van der Waals surface area contributed by atoms with Crippen LogP contribution < -0.4 is 0 Å². The van der Waals surface area contributed by atoms with Gasteiger partial charge in [-0.05, 0) is 60.9 Å². The number of rotatable bonds is 5. The summed E-state index contributed by atoms with van der Waals surface area (Å²) in [5.74, 6) is 0. The number of furan rings is 2. The quantitative estimate of drug-likeness (QED) is 0.218. The lowest BCUT2D eigenvalue weighted by molar-refractivity contribution is 0.670. The lowest BCUT2D eigenvalue weighted by Gasteiger charge is -2.11. The van der Waals surface area contributed by atoms with Gasteiger partial charge >= 0.3 is 0 Å². The first-order valence-corrected chi connectivity index (χ1v) is 13.4. The van der Waals surface area contributed by atoms with Gasteiger partial charge in [-0.25, -0.2) is 4.98 Å². The standard InChI is InChI=1S/C36H27NO2/c1-3-5-12-23(4-2)24-21-31(29-17-10-15-27-25-13-6-8-19-33(25)38-35(27)29)37-32(22-24)30-18-11-16-28-26-14-7-9-20-34(26)39-36(28)30/h4-22H,3H2,1-2H3/b12-5-,23-4+. The molecule has 0 N–H and O–H groups in total. The Labute approximate surface area is 226 Å². The van der Waals surface area contributed by atoms with Crippen LogP contribution in [0.25, 0.3) is 72.0 Å². The summed E-state index contributed by atoms with van der Waals surface area (Å²) in [6.45, 7) is 4.23. The first-order valence-electron chi connectivity index (χ1n) is 13.4. The van der Waals surface area contributed by atoms with Crippen LogP contribution in [-0.4, -0.2) is 4.98 Å². The smallest absolute Gasteiger partial charge is 0.144 e. The number of benzene rings is 4. The zero-order valence-electron chi connectivity index (χ0n) is 21.9. The first-order chi connectivity index (χ1) is 19.2. The molecule has 4 aromatic carbocycles. The van der Waals surface area contributed by atoms with Crippen molar-refractivity contribution in [2.24, 2.45) is 0 Å². The maximum Gasteiger partial charge on any atom is 0.144 e. The van der Waals surface area contributed by atoms with Crippen LogP contribution in [0.4, 0.5) is 0 Å². The first kappa shape index (κ1) is 23.2. The van der Waals surface area contributed by atoms with E-state index in [4.69, 9.17) is 13.8 Å². The molecule has 39 heavy (non-hydrogen) atoms. The molecule has 0 spiro atoms. The number of nitrogens with zero attached hydrogens (tertiary/aromatic N) is 1. The number of hydrogen-bond acceptors (Lipinski definition) is 3. The predicted molar refractivity (Wildman–Crippen MR) is 163 cm³/mol. The lowest BCUT2D eigenvalue weighted by Crippen LogP contribution is -1.93. The van der Waals surface area contributed by atoms with Crippen molar-refractivity contribution in [3.8, 4) is 22.5 Å². The van der Waals surface area contributed by atoms with Gasteiger partial charge in [0.25, 0.3) is 0 Å². The minimum atomic E-state index is 0.849. The molecule has 3 heterocycles. The summed E-state index contributed by atoms with van der Waals surface area (Å²) in [7, 11) is 0. The average Bonchev–Trinajstić information content (AvgIpc) is 3.56. The van der Waals surface area contributed by atoms with E-state index in [2.05, 4.69) is 92.7 Å². The third-order valence-electron chi connectivity index (χ3n) is 7.36. The second kappa shape index (κ2) is 9.45. The van der Waals surface area contributed by atoms with E-state index in [1.54, 1.807) is 0 Å². The van der Waals surface area contributed by atoms with Gasteiger partial charge in [-0.3, -0.25) is 0 Å². The highest BCUT2D eigenvalue weighted by Crippen LogP contribution is 2.39.